The maximum Gasteiger partial charge on any atom is 0.345 e. The van der Waals surface area contributed by atoms with Crippen LogP contribution in [0.25, 0.3) is 20.7 Å². The van der Waals surface area contributed by atoms with Crippen LogP contribution in [-0.4, -0.2) is 40.0 Å². The number of halogens is 3. The molecule has 0 spiro atoms. The Morgan fingerprint density at radius 2 is 2.03 bits per heavy atom. The fourth-order valence-electron chi connectivity index (χ4n) is 4.03. The van der Waals surface area contributed by atoms with Crippen molar-refractivity contribution >= 4 is 43.5 Å². The Hall–Kier alpha value is -3.15. The highest BCUT2D eigenvalue weighted by molar-refractivity contribution is 9.10. The number of carbonyl (C=O) groups is 1. The molecule has 0 saturated carbocycles. The third-order valence-corrected chi connectivity index (χ3v) is 8.08. The molecule has 1 N–H and O–H groups in total. The molecule has 4 aromatic rings. The minimum absolute atomic E-state index is 0.0154. The number of carboxylic acids is 1. The first-order chi connectivity index (χ1) is 17.9. The highest BCUT2D eigenvalue weighted by Crippen LogP contribution is 2.44. The van der Waals surface area contributed by atoms with Crippen LogP contribution in [0.1, 0.15) is 24.8 Å². The quantitative estimate of drug-likeness (QED) is 0.254. The first-order valence-corrected chi connectivity index (χ1v) is 13.2. The number of nitrogens with zero attached hydrogens (tertiary/aromatic N) is 2. The van der Waals surface area contributed by atoms with E-state index in [2.05, 4.69) is 25.9 Å². The molecule has 3 heterocycles. The molecule has 7 nitrogen and oxygen atoms in total. The Morgan fingerprint density at radius 3 is 2.78 bits per heavy atom. The number of hydrogen-bond acceptors (Lipinski definition) is 7. The van der Waals surface area contributed by atoms with Gasteiger partial charge in [0.25, 0.3) is 0 Å². The van der Waals surface area contributed by atoms with Crippen LogP contribution in [0.2, 0.25) is 0 Å². The number of ether oxygens (including phenoxy) is 3. The largest absolute Gasteiger partial charge is 0.478 e. The normalized spacial score (nSPS) is 16.5. The van der Waals surface area contributed by atoms with Crippen LogP contribution in [0.4, 0.5) is 8.78 Å². The lowest BCUT2D eigenvalue weighted by atomic mass is 10.1. The van der Waals surface area contributed by atoms with Gasteiger partial charge in [-0.1, -0.05) is 24.3 Å². The summed E-state index contributed by atoms with van der Waals surface area (Å²) < 4.78 is 45.4. The van der Waals surface area contributed by atoms with Crippen LogP contribution < -0.4 is 9.47 Å². The van der Waals surface area contributed by atoms with Crippen LogP contribution >= 0.6 is 27.3 Å². The molecule has 11 heteroatoms. The summed E-state index contributed by atoms with van der Waals surface area (Å²) in [6.07, 6.45) is 2.37. The maximum absolute atomic E-state index is 13.9. The molecule has 0 bridgehead atoms. The Balaban J connectivity index is 1.44. The topological polar surface area (TPSA) is 90.8 Å². The number of aromatic nitrogens is 2. The molecule has 5 rings (SSSR count). The molecule has 2 atom stereocenters. The number of hydrogen-bond donors (Lipinski definition) is 1. The van der Waals surface area contributed by atoms with Gasteiger partial charge in [-0.05, 0) is 58.1 Å². The standard InChI is InChI=1S/C26H21BrF2N2O5S/c27-22-21-24(30-13-31-25(21)37-23(22)15-8-9-16(28)17(29)11-15)36-19(26(32)33)12-14-5-1-2-6-18(14)35-20-7-3-4-10-34-20/h1-2,5-6,8-9,11,13,19-20H,3-4,7,10,12H2,(H,32,33)/t19-,20?/m1/s1. The van der Waals surface area contributed by atoms with Crippen molar-refractivity contribution in [2.75, 3.05) is 6.61 Å². The molecule has 37 heavy (non-hydrogen) atoms. The van der Waals surface area contributed by atoms with Crippen molar-refractivity contribution < 1.29 is 32.9 Å². The second-order valence-corrected chi connectivity index (χ2v) is 10.2. The van der Waals surface area contributed by atoms with Crippen LogP contribution in [0, 0.1) is 11.6 Å². The van der Waals surface area contributed by atoms with Gasteiger partial charge in [-0.2, -0.15) is 0 Å². The summed E-state index contributed by atoms with van der Waals surface area (Å²) in [5.41, 5.74) is 1.09. The predicted molar refractivity (Wildman–Crippen MR) is 137 cm³/mol. The lowest BCUT2D eigenvalue weighted by Gasteiger charge is -2.25. The number of carboxylic acid groups (broad SMARTS) is 1. The van der Waals surface area contributed by atoms with Crippen LogP contribution in [0.5, 0.6) is 11.6 Å². The van der Waals surface area contributed by atoms with Gasteiger partial charge in [-0.25, -0.2) is 23.5 Å². The molecule has 1 unspecified atom stereocenters. The lowest BCUT2D eigenvalue weighted by molar-refractivity contribution is -0.145. The summed E-state index contributed by atoms with van der Waals surface area (Å²) in [7, 11) is 0. The highest BCUT2D eigenvalue weighted by atomic mass is 79.9. The Labute approximate surface area is 223 Å². The van der Waals surface area contributed by atoms with Crippen molar-refractivity contribution in [2.45, 2.75) is 38.1 Å². The van der Waals surface area contributed by atoms with E-state index in [9.17, 15) is 18.7 Å². The molecule has 1 aliphatic heterocycles. The van der Waals surface area contributed by atoms with E-state index in [1.807, 2.05) is 6.07 Å². The third kappa shape index (κ3) is 5.58. The van der Waals surface area contributed by atoms with Gasteiger partial charge >= 0.3 is 5.97 Å². The predicted octanol–water partition coefficient (Wildman–Crippen LogP) is 6.38. The highest BCUT2D eigenvalue weighted by Gasteiger charge is 2.27. The minimum atomic E-state index is -1.28. The monoisotopic (exact) mass is 590 g/mol. The van der Waals surface area contributed by atoms with Gasteiger partial charge in [0.2, 0.25) is 12.0 Å². The van der Waals surface area contributed by atoms with E-state index >= 15 is 0 Å². The van der Waals surface area contributed by atoms with Crippen molar-refractivity contribution in [3.05, 3.63) is 70.5 Å². The van der Waals surface area contributed by atoms with E-state index < -0.39 is 23.7 Å². The van der Waals surface area contributed by atoms with Gasteiger partial charge in [0.05, 0.1) is 21.3 Å². The number of aliphatic carboxylic acids is 1. The summed E-state index contributed by atoms with van der Waals surface area (Å²) in [4.78, 5) is 21.7. The van der Waals surface area contributed by atoms with Crippen molar-refractivity contribution in [1.29, 1.82) is 0 Å². The minimum Gasteiger partial charge on any atom is -0.478 e. The Kier molecular flexibility index (Phi) is 7.63. The van der Waals surface area contributed by atoms with E-state index in [4.69, 9.17) is 14.2 Å². The molecule has 0 aliphatic carbocycles. The Morgan fingerprint density at radius 1 is 1.19 bits per heavy atom. The fourth-order valence-corrected chi connectivity index (χ4v) is 6.02. The number of benzene rings is 2. The van der Waals surface area contributed by atoms with Crippen molar-refractivity contribution in [3.8, 4) is 22.1 Å². The van der Waals surface area contributed by atoms with Gasteiger partial charge in [-0.3, -0.25) is 0 Å². The van der Waals surface area contributed by atoms with Crippen molar-refractivity contribution in [2.24, 2.45) is 0 Å². The number of para-hydroxylation sites is 1. The maximum atomic E-state index is 13.9. The van der Waals surface area contributed by atoms with Crippen LogP contribution in [0.3, 0.4) is 0 Å². The van der Waals surface area contributed by atoms with Crippen molar-refractivity contribution in [1.82, 2.24) is 9.97 Å². The van der Waals surface area contributed by atoms with Gasteiger partial charge < -0.3 is 19.3 Å². The summed E-state index contributed by atoms with van der Waals surface area (Å²) in [5.74, 6) is -2.51. The average molecular weight is 591 g/mol. The summed E-state index contributed by atoms with van der Waals surface area (Å²) >= 11 is 4.71. The average Bonchev–Trinajstić information content (AvgIpc) is 3.24. The Bertz CT molecular complexity index is 1440. The van der Waals surface area contributed by atoms with E-state index in [0.29, 0.717) is 43.0 Å². The summed E-state index contributed by atoms with van der Waals surface area (Å²) in [5, 5.41) is 10.4. The zero-order valence-corrected chi connectivity index (χ0v) is 21.7. The number of fused-ring (bicyclic) bond motifs is 1. The van der Waals surface area contributed by atoms with Gasteiger partial charge in [0.15, 0.2) is 17.9 Å². The molecule has 1 aliphatic rings. The second-order valence-electron chi connectivity index (χ2n) is 8.40. The molecular weight excluding hydrogens is 570 g/mol. The van der Waals surface area contributed by atoms with Crippen molar-refractivity contribution in [3.63, 3.8) is 0 Å². The zero-order chi connectivity index (χ0) is 25.9. The molecule has 2 aromatic carbocycles. The van der Waals surface area contributed by atoms with E-state index in [1.54, 1.807) is 18.2 Å². The first kappa shape index (κ1) is 25.5. The summed E-state index contributed by atoms with van der Waals surface area (Å²) in [6, 6.07) is 10.8. The zero-order valence-electron chi connectivity index (χ0n) is 19.3. The smallest absolute Gasteiger partial charge is 0.345 e. The molecule has 2 aromatic heterocycles. The molecule has 1 saturated heterocycles. The van der Waals surface area contributed by atoms with E-state index in [0.717, 1.165) is 31.4 Å². The SMILES string of the molecule is O=C(O)[C@@H](Cc1ccccc1OC1CCCCO1)Oc1ncnc2sc(-c3ccc(F)c(F)c3)c(Br)c12. The van der Waals surface area contributed by atoms with Gasteiger partial charge in [-0.15, -0.1) is 11.3 Å². The molecular formula is C26H21BrF2N2O5S. The number of thiophene rings is 1. The van der Waals surface area contributed by atoms with E-state index in [1.165, 1.54) is 23.7 Å². The van der Waals surface area contributed by atoms with Crippen LogP contribution in [0.15, 0.2) is 53.3 Å². The summed E-state index contributed by atoms with van der Waals surface area (Å²) in [6.45, 7) is 0.624. The molecule has 1 fully saturated rings. The molecule has 0 amide bonds. The van der Waals surface area contributed by atoms with E-state index in [-0.39, 0.29) is 18.6 Å². The molecule has 192 valence electrons. The fraction of sp³-hybridized carbons (Fsp3) is 0.269. The van der Waals surface area contributed by atoms with Gasteiger partial charge in [0.1, 0.15) is 16.9 Å². The second kappa shape index (κ2) is 11.1. The third-order valence-electron chi connectivity index (χ3n) is 5.88. The lowest BCUT2D eigenvalue weighted by Crippen LogP contribution is -2.30. The molecule has 0 radical (unpaired) electrons. The first-order valence-electron chi connectivity index (χ1n) is 11.5. The van der Waals surface area contributed by atoms with Crippen LogP contribution in [-0.2, 0) is 16.0 Å². The van der Waals surface area contributed by atoms with Gasteiger partial charge in [0, 0.05) is 12.8 Å². The number of rotatable bonds is 8.